The van der Waals surface area contributed by atoms with E-state index in [1.54, 1.807) is 18.2 Å². The molecule has 0 spiro atoms. The van der Waals surface area contributed by atoms with Crippen molar-refractivity contribution in [3.05, 3.63) is 35.6 Å². The summed E-state index contributed by atoms with van der Waals surface area (Å²) in [6, 6.07) is 6.50. The predicted molar refractivity (Wildman–Crippen MR) is 74.3 cm³/mol. The summed E-state index contributed by atoms with van der Waals surface area (Å²) < 4.78 is 13.6. The van der Waals surface area contributed by atoms with Crippen LogP contribution in [0.3, 0.4) is 0 Å². The Labute approximate surface area is 112 Å². The summed E-state index contributed by atoms with van der Waals surface area (Å²) >= 11 is 1.97. The smallest absolute Gasteiger partial charge is 0.129 e. The number of halogens is 1. The molecule has 2 unspecified atom stereocenters. The van der Waals surface area contributed by atoms with Crippen molar-refractivity contribution in [1.29, 1.82) is 0 Å². The molecule has 1 aliphatic rings. The second kappa shape index (κ2) is 6.55. The maximum Gasteiger partial charge on any atom is 0.129 e. The monoisotopic (exact) mass is 269 g/mol. The van der Waals surface area contributed by atoms with Gasteiger partial charge in [-0.25, -0.2) is 4.39 Å². The van der Waals surface area contributed by atoms with Gasteiger partial charge in [-0.3, -0.25) is 0 Å². The van der Waals surface area contributed by atoms with Crippen molar-refractivity contribution in [2.24, 2.45) is 5.92 Å². The first kappa shape index (κ1) is 13.8. The number of benzene rings is 1. The number of hydrogen-bond donors (Lipinski definition) is 1. The SMILES string of the molecule is CC(CN1CCSCC1)C(O)c1ccccc1F. The molecule has 1 aromatic carbocycles. The lowest BCUT2D eigenvalue weighted by Crippen LogP contribution is -2.37. The van der Waals surface area contributed by atoms with Crippen molar-refractivity contribution in [3.8, 4) is 0 Å². The first-order valence-electron chi connectivity index (χ1n) is 6.41. The van der Waals surface area contributed by atoms with Crippen molar-refractivity contribution >= 4 is 11.8 Å². The lowest BCUT2D eigenvalue weighted by Gasteiger charge is -2.30. The van der Waals surface area contributed by atoms with Gasteiger partial charge in [0.15, 0.2) is 0 Å². The lowest BCUT2D eigenvalue weighted by atomic mass is 9.96. The van der Waals surface area contributed by atoms with Crippen LogP contribution in [0, 0.1) is 11.7 Å². The van der Waals surface area contributed by atoms with E-state index in [0.717, 1.165) is 31.1 Å². The minimum atomic E-state index is -0.722. The van der Waals surface area contributed by atoms with E-state index < -0.39 is 6.10 Å². The van der Waals surface area contributed by atoms with Gasteiger partial charge in [-0.15, -0.1) is 0 Å². The molecule has 0 aliphatic carbocycles. The van der Waals surface area contributed by atoms with Crippen molar-refractivity contribution in [1.82, 2.24) is 4.90 Å². The van der Waals surface area contributed by atoms with E-state index in [-0.39, 0.29) is 11.7 Å². The van der Waals surface area contributed by atoms with Crippen LogP contribution in [0.4, 0.5) is 4.39 Å². The molecule has 100 valence electrons. The number of aliphatic hydroxyl groups excluding tert-OH is 1. The van der Waals surface area contributed by atoms with Gasteiger partial charge >= 0.3 is 0 Å². The first-order valence-corrected chi connectivity index (χ1v) is 7.56. The Balaban J connectivity index is 1.95. The Morgan fingerprint density at radius 3 is 2.67 bits per heavy atom. The molecule has 2 nitrogen and oxygen atoms in total. The number of hydrogen-bond acceptors (Lipinski definition) is 3. The molecule has 0 radical (unpaired) electrons. The third kappa shape index (κ3) is 3.46. The van der Waals surface area contributed by atoms with Gasteiger partial charge in [0.2, 0.25) is 0 Å². The normalized spacial score (nSPS) is 20.6. The summed E-state index contributed by atoms with van der Waals surface area (Å²) in [4.78, 5) is 2.35. The number of rotatable bonds is 4. The minimum absolute atomic E-state index is 0.0463. The summed E-state index contributed by atoms with van der Waals surface area (Å²) in [5.41, 5.74) is 0.413. The predicted octanol–water partition coefficient (Wildman–Crippen LogP) is 2.54. The Hall–Kier alpha value is -0.580. The van der Waals surface area contributed by atoms with Crippen LogP contribution < -0.4 is 0 Å². The van der Waals surface area contributed by atoms with Gasteiger partial charge in [0, 0.05) is 36.7 Å². The average Bonchev–Trinajstić information content (AvgIpc) is 2.39. The largest absolute Gasteiger partial charge is 0.388 e. The van der Waals surface area contributed by atoms with Crippen molar-refractivity contribution in [2.45, 2.75) is 13.0 Å². The molecule has 1 aliphatic heterocycles. The summed E-state index contributed by atoms with van der Waals surface area (Å²) in [7, 11) is 0. The molecule has 0 aromatic heterocycles. The Morgan fingerprint density at radius 2 is 2.00 bits per heavy atom. The van der Waals surface area contributed by atoms with Crippen LogP contribution in [-0.4, -0.2) is 41.1 Å². The van der Waals surface area contributed by atoms with Crippen LogP contribution in [0.5, 0.6) is 0 Å². The van der Waals surface area contributed by atoms with Gasteiger partial charge in [0.05, 0.1) is 6.10 Å². The van der Waals surface area contributed by atoms with Crippen LogP contribution in [0.1, 0.15) is 18.6 Å². The molecule has 1 N–H and O–H groups in total. The third-order valence-corrected chi connectivity index (χ3v) is 4.36. The zero-order chi connectivity index (χ0) is 13.0. The molecule has 2 atom stereocenters. The van der Waals surface area contributed by atoms with Crippen molar-refractivity contribution in [3.63, 3.8) is 0 Å². The standard InChI is InChI=1S/C14H20FNOS/c1-11(10-16-6-8-18-9-7-16)14(17)12-4-2-3-5-13(12)15/h2-5,11,14,17H,6-10H2,1H3. The molecule has 0 amide bonds. The molecule has 1 saturated heterocycles. The molecule has 2 rings (SSSR count). The number of nitrogens with zero attached hydrogens (tertiary/aromatic N) is 1. The molecule has 1 heterocycles. The lowest BCUT2D eigenvalue weighted by molar-refractivity contribution is 0.0879. The molecule has 18 heavy (non-hydrogen) atoms. The topological polar surface area (TPSA) is 23.5 Å². The van der Waals surface area contributed by atoms with Gasteiger partial charge in [0.1, 0.15) is 5.82 Å². The molecular weight excluding hydrogens is 249 g/mol. The molecule has 4 heteroatoms. The van der Waals surface area contributed by atoms with Gasteiger partial charge in [-0.05, 0) is 12.0 Å². The fraction of sp³-hybridized carbons (Fsp3) is 0.571. The fourth-order valence-corrected chi connectivity index (χ4v) is 3.29. The highest BCUT2D eigenvalue weighted by molar-refractivity contribution is 7.99. The number of aliphatic hydroxyl groups is 1. The van der Waals surface area contributed by atoms with Crippen LogP contribution >= 0.6 is 11.8 Å². The van der Waals surface area contributed by atoms with Gasteiger partial charge in [-0.1, -0.05) is 25.1 Å². The fourth-order valence-electron chi connectivity index (χ4n) is 2.31. The Kier molecular flexibility index (Phi) is 5.03. The summed E-state index contributed by atoms with van der Waals surface area (Å²) in [6.45, 7) is 4.95. The molecular formula is C14H20FNOS. The third-order valence-electron chi connectivity index (χ3n) is 3.41. The molecule has 0 bridgehead atoms. The van der Waals surface area contributed by atoms with E-state index in [2.05, 4.69) is 4.90 Å². The number of thioether (sulfide) groups is 1. The Bertz CT molecular complexity index is 382. The summed E-state index contributed by atoms with van der Waals surface area (Å²) in [5, 5.41) is 10.2. The van der Waals surface area contributed by atoms with E-state index in [4.69, 9.17) is 0 Å². The quantitative estimate of drug-likeness (QED) is 0.908. The highest BCUT2D eigenvalue weighted by Gasteiger charge is 2.22. The van der Waals surface area contributed by atoms with Crippen LogP contribution in [0.2, 0.25) is 0 Å². The maximum atomic E-state index is 13.6. The van der Waals surface area contributed by atoms with E-state index >= 15 is 0 Å². The second-order valence-electron chi connectivity index (χ2n) is 4.86. The summed E-state index contributed by atoms with van der Waals surface area (Å²) in [5.74, 6) is 2.04. The summed E-state index contributed by atoms with van der Waals surface area (Å²) in [6.07, 6.45) is -0.722. The van der Waals surface area contributed by atoms with Gasteiger partial charge in [-0.2, -0.15) is 11.8 Å². The minimum Gasteiger partial charge on any atom is -0.388 e. The van der Waals surface area contributed by atoms with Crippen LogP contribution in [0.15, 0.2) is 24.3 Å². The zero-order valence-corrected chi connectivity index (χ0v) is 11.5. The van der Waals surface area contributed by atoms with Gasteiger partial charge < -0.3 is 10.0 Å². The van der Waals surface area contributed by atoms with Crippen LogP contribution in [-0.2, 0) is 0 Å². The van der Waals surface area contributed by atoms with Crippen LogP contribution in [0.25, 0.3) is 0 Å². The highest BCUT2D eigenvalue weighted by Crippen LogP contribution is 2.25. The molecule has 1 fully saturated rings. The second-order valence-corrected chi connectivity index (χ2v) is 6.08. The van der Waals surface area contributed by atoms with E-state index in [0.29, 0.717) is 5.56 Å². The first-order chi connectivity index (χ1) is 8.68. The maximum absolute atomic E-state index is 13.6. The Morgan fingerprint density at radius 1 is 1.33 bits per heavy atom. The van der Waals surface area contributed by atoms with Crippen molar-refractivity contribution < 1.29 is 9.50 Å². The van der Waals surface area contributed by atoms with Gasteiger partial charge in [0.25, 0.3) is 0 Å². The van der Waals surface area contributed by atoms with E-state index in [1.165, 1.54) is 6.07 Å². The van der Waals surface area contributed by atoms with Crippen molar-refractivity contribution in [2.75, 3.05) is 31.1 Å². The van der Waals surface area contributed by atoms with E-state index in [1.807, 2.05) is 18.7 Å². The molecule has 0 saturated carbocycles. The molecule has 1 aromatic rings. The average molecular weight is 269 g/mol. The van der Waals surface area contributed by atoms with E-state index in [9.17, 15) is 9.50 Å². The zero-order valence-electron chi connectivity index (χ0n) is 10.7. The highest BCUT2D eigenvalue weighted by atomic mass is 32.2.